The molecule has 0 aliphatic heterocycles. The van der Waals surface area contributed by atoms with Gasteiger partial charge in [0.25, 0.3) is 0 Å². The summed E-state index contributed by atoms with van der Waals surface area (Å²) in [7, 11) is 0. The van der Waals surface area contributed by atoms with Gasteiger partial charge in [-0.2, -0.15) is 0 Å². The maximum absolute atomic E-state index is 11.4. The van der Waals surface area contributed by atoms with E-state index in [2.05, 4.69) is 13.8 Å². The second kappa shape index (κ2) is 4.48. The minimum atomic E-state index is -0.342. The van der Waals surface area contributed by atoms with E-state index in [4.69, 9.17) is 4.74 Å². The second-order valence-electron chi connectivity index (χ2n) is 3.75. The zero-order chi connectivity index (χ0) is 9.78. The third-order valence-electron chi connectivity index (χ3n) is 2.65. The Balaban J connectivity index is 4.27. The Hall–Kier alpha value is -0.530. The van der Waals surface area contributed by atoms with Crippen LogP contribution in [-0.4, -0.2) is 12.6 Å². The lowest BCUT2D eigenvalue weighted by Crippen LogP contribution is -2.32. The molecule has 0 aliphatic carbocycles. The van der Waals surface area contributed by atoms with Crippen LogP contribution in [0.15, 0.2) is 0 Å². The number of esters is 1. The minimum absolute atomic E-state index is 0.0839. The highest BCUT2D eigenvalue weighted by Crippen LogP contribution is 2.30. The molecule has 0 aromatic rings. The van der Waals surface area contributed by atoms with Crippen LogP contribution >= 0.6 is 0 Å². The first kappa shape index (κ1) is 11.5. The molecule has 2 heteroatoms. The monoisotopic (exact) mass is 172 g/mol. The van der Waals surface area contributed by atoms with Crippen molar-refractivity contribution in [2.75, 3.05) is 6.61 Å². The number of hydrogen-bond acceptors (Lipinski definition) is 2. The van der Waals surface area contributed by atoms with Crippen LogP contribution in [0.4, 0.5) is 0 Å². The predicted octanol–water partition coefficient (Wildman–Crippen LogP) is 2.62. The van der Waals surface area contributed by atoms with Gasteiger partial charge in [-0.3, -0.25) is 4.79 Å². The zero-order valence-corrected chi connectivity index (χ0v) is 8.81. The highest BCUT2D eigenvalue weighted by molar-refractivity contribution is 5.76. The third kappa shape index (κ3) is 2.50. The average molecular weight is 172 g/mol. The Morgan fingerprint density at radius 3 is 2.25 bits per heavy atom. The molecule has 0 N–H and O–H groups in total. The fourth-order valence-electron chi connectivity index (χ4n) is 1.03. The molecule has 1 atom stereocenters. The van der Waals surface area contributed by atoms with Gasteiger partial charge < -0.3 is 4.74 Å². The number of ether oxygens (including phenoxy) is 1. The van der Waals surface area contributed by atoms with Gasteiger partial charge in [0.1, 0.15) is 0 Å². The van der Waals surface area contributed by atoms with Crippen molar-refractivity contribution >= 4 is 5.97 Å². The van der Waals surface area contributed by atoms with Gasteiger partial charge in [-0.25, -0.2) is 0 Å². The van der Waals surface area contributed by atoms with Gasteiger partial charge in [-0.1, -0.05) is 20.3 Å². The van der Waals surface area contributed by atoms with Crippen LogP contribution in [-0.2, 0) is 9.53 Å². The lowest BCUT2D eigenvalue weighted by Gasteiger charge is -2.28. The summed E-state index contributed by atoms with van der Waals surface area (Å²) in [6, 6.07) is 0. The van der Waals surface area contributed by atoms with E-state index in [1.165, 1.54) is 0 Å². The van der Waals surface area contributed by atoms with Crippen LogP contribution in [0.1, 0.15) is 41.0 Å². The predicted molar refractivity (Wildman–Crippen MR) is 49.9 cm³/mol. The summed E-state index contributed by atoms with van der Waals surface area (Å²) < 4.78 is 4.99. The molecule has 0 heterocycles. The molecule has 0 saturated heterocycles. The molecule has 0 amide bonds. The molecule has 0 aromatic carbocycles. The van der Waals surface area contributed by atoms with E-state index in [1.807, 2.05) is 20.8 Å². The second-order valence-corrected chi connectivity index (χ2v) is 3.75. The Kier molecular flexibility index (Phi) is 4.29. The Morgan fingerprint density at radius 2 is 1.92 bits per heavy atom. The SMILES string of the molecule is CCOC(=O)C(C)(C)C(C)CC. The lowest BCUT2D eigenvalue weighted by atomic mass is 9.78. The van der Waals surface area contributed by atoms with Crippen molar-refractivity contribution < 1.29 is 9.53 Å². The molecule has 12 heavy (non-hydrogen) atoms. The maximum Gasteiger partial charge on any atom is 0.311 e. The summed E-state index contributed by atoms with van der Waals surface area (Å²) in [6.45, 7) is 10.4. The summed E-state index contributed by atoms with van der Waals surface area (Å²) in [6.07, 6.45) is 1.01. The lowest BCUT2D eigenvalue weighted by molar-refractivity contribution is -0.156. The third-order valence-corrected chi connectivity index (χ3v) is 2.65. The smallest absolute Gasteiger partial charge is 0.311 e. The molecule has 1 unspecified atom stereocenters. The summed E-state index contributed by atoms with van der Waals surface area (Å²) in [4.78, 5) is 11.4. The summed E-state index contributed by atoms with van der Waals surface area (Å²) >= 11 is 0. The first-order chi connectivity index (χ1) is 5.46. The van der Waals surface area contributed by atoms with Crippen molar-refractivity contribution in [1.29, 1.82) is 0 Å². The van der Waals surface area contributed by atoms with Gasteiger partial charge in [0, 0.05) is 0 Å². The standard InChI is InChI=1S/C10H20O2/c1-6-8(3)10(4,5)9(11)12-7-2/h8H,6-7H2,1-5H3. The van der Waals surface area contributed by atoms with Crippen molar-refractivity contribution in [2.24, 2.45) is 11.3 Å². The van der Waals surface area contributed by atoms with E-state index in [9.17, 15) is 4.79 Å². The van der Waals surface area contributed by atoms with E-state index in [-0.39, 0.29) is 11.4 Å². The van der Waals surface area contributed by atoms with E-state index in [1.54, 1.807) is 0 Å². The van der Waals surface area contributed by atoms with Gasteiger partial charge >= 0.3 is 5.97 Å². The fourth-order valence-corrected chi connectivity index (χ4v) is 1.03. The van der Waals surface area contributed by atoms with Crippen LogP contribution in [0, 0.1) is 11.3 Å². The minimum Gasteiger partial charge on any atom is -0.466 e. The van der Waals surface area contributed by atoms with Crippen molar-refractivity contribution in [3.63, 3.8) is 0 Å². The van der Waals surface area contributed by atoms with E-state index >= 15 is 0 Å². The molecule has 0 rings (SSSR count). The summed E-state index contributed by atoms with van der Waals surface area (Å²) in [5, 5.41) is 0. The summed E-state index contributed by atoms with van der Waals surface area (Å²) in [5.41, 5.74) is -0.342. The molecule has 0 spiro atoms. The number of rotatable bonds is 4. The largest absolute Gasteiger partial charge is 0.466 e. The highest BCUT2D eigenvalue weighted by Gasteiger charge is 2.33. The molecule has 0 radical (unpaired) electrons. The first-order valence-electron chi connectivity index (χ1n) is 4.64. The van der Waals surface area contributed by atoms with Crippen LogP contribution in [0.3, 0.4) is 0 Å². The molecule has 0 bridgehead atoms. The topological polar surface area (TPSA) is 26.3 Å². The van der Waals surface area contributed by atoms with Crippen LogP contribution < -0.4 is 0 Å². The highest BCUT2D eigenvalue weighted by atomic mass is 16.5. The van der Waals surface area contributed by atoms with Gasteiger partial charge in [-0.15, -0.1) is 0 Å². The Labute approximate surface area is 75.3 Å². The number of carbonyl (C=O) groups is 1. The molecule has 0 aromatic heterocycles. The molecule has 72 valence electrons. The number of hydrogen-bond donors (Lipinski definition) is 0. The molecule has 0 aliphatic rings. The van der Waals surface area contributed by atoms with Gasteiger partial charge in [0.2, 0.25) is 0 Å². The maximum atomic E-state index is 11.4. The zero-order valence-electron chi connectivity index (χ0n) is 8.81. The quantitative estimate of drug-likeness (QED) is 0.609. The fraction of sp³-hybridized carbons (Fsp3) is 0.900. The molecular formula is C10H20O2. The van der Waals surface area contributed by atoms with Crippen molar-refractivity contribution in [2.45, 2.75) is 41.0 Å². The Bertz CT molecular complexity index is 150. The summed E-state index contributed by atoms with van der Waals surface area (Å²) in [5.74, 6) is 0.288. The van der Waals surface area contributed by atoms with Crippen LogP contribution in [0.5, 0.6) is 0 Å². The van der Waals surface area contributed by atoms with Crippen molar-refractivity contribution in [3.05, 3.63) is 0 Å². The molecular weight excluding hydrogens is 152 g/mol. The first-order valence-corrected chi connectivity index (χ1v) is 4.64. The van der Waals surface area contributed by atoms with Crippen LogP contribution in [0.25, 0.3) is 0 Å². The molecule has 2 nitrogen and oxygen atoms in total. The Morgan fingerprint density at radius 1 is 1.42 bits per heavy atom. The number of carbonyl (C=O) groups excluding carboxylic acids is 1. The van der Waals surface area contributed by atoms with Gasteiger partial charge in [0.15, 0.2) is 0 Å². The normalized spacial score (nSPS) is 14.1. The van der Waals surface area contributed by atoms with Gasteiger partial charge in [-0.05, 0) is 26.7 Å². The van der Waals surface area contributed by atoms with Gasteiger partial charge in [0.05, 0.1) is 12.0 Å². The van der Waals surface area contributed by atoms with Crippen LogP contribution in [0.2, 0.25) is 0 Å². The van der Waals surface area contributed by atoms with E-state index < -0.39 is 0 Å². The van der Waals surface area contributed by atoms with Crippen molar-refractivity contribution in [3.8, 4) is 0 Å². The molecule has 0 fully saturated rings. The van der Waals surface area contributed by atoms with E-state index in [0.29, 0.717) is 12.5 Å². The molecule has 0 saturated carbocycles. The van der Waals surface area contributed by atoms with E-state index in [0.717, 1.165) is 6.42 Å². The average Bonchev–Trinajstić information content (AvgIpc) is 2.03. The van der Waals surface area contributed by atoms with Crippen molar-refractivity contribution in [1.82, 2.24) is 0 Å².